The van der Waals surface area contributed by atoms with Crippen molar-refractivity contribution >= 4 is 23.4 Å². The Morgan fingerprint density at radius 3 is 2.26 bits per heavy atom. The van der Waals surface area contributed by atoms with Gasteiger partial charge in [0.25, 0.3) is 0 Å². The summed E-state index contributed by atoms with van der Waals surface area (Å²) in [4.78, 5) is 42.7. The van der Waals surface area contributed by atoms with Gasteiger partial charge in [0.05, 0.1) is 11.8 Å². The number of anilines is 1. The van der Waals surface area contributed by atoms with Crippen LogP contribution in [0.5, 0.6) is 0 Å². The monoisotopic (exact) mass is 465 g/mol. The van der Waals surface area contributed by atoms with Crippen LogP contribution in [0.2, 0.25) is 0 Å². The van der Waals surface area contributed by atoms with E-state index in [1.807, 2.05) is 85.8 Å². The van der Waals surface area contributed by atoms with Crippen LogP contribution < -0.4 is 10.6 Å². The molecule has 3 amide bonds. The number of nitrogens with zero attached hydrogens (tertiary/aromatic N) is 1. The molecule has 4 atom stereocenters. The van der Waals surface area contributed by atoms with E-state index in [2.05, 4.69) is 10.6 Å². The quantitative estimate of drug-likeness (QED) is 0.568. The second-order valence-corrected chi connectivity index (χ2v) is 9.82. The number of benzene rings is 3. The Kier molecular flexibility index (Phi) is 5.07. The van der Waals surface area contributed by atoms with Gasteiger partial charge in [0.2, 0.25) is 17.7 Å². The van der Waals surface area contributed by atoms with Crippen LogP contribution in [0.15, 0.2) is 78.9 Å². The minimum absolute atomic E-state index is 0.185. The molecule has 3 aromatic carbocycles. The van der Waals surface area contributed by atoms with Crippen molar-refractivity contribution in [3.63, 3.8) is 0 Å². The topological polar surface area (TPSA) is 78.5 Å². The van der Waals surface area contributed by atoms with Gasteiger partial charge in [-0.05, 0) is 37.0 Å². The molecule has 0 bridgehead atoms. The number of hydrogen-bond acceptors (Lipinski definition) is 4. The Bertz CT molecular complexity index is 1320. The minimum Gasteiger partial charge on any atom is -0.324 e. The molecule has 1 spiro atoms. The van der Waals surface area contributed by atoms with E-state index in [0.717, 1.165) is 22.3 Å². The molecule has 6 rings (SSSR count). The number of nitrogens with one attached hydrogen (secondary N) is 2. The zero-order valence-electron chi connectivity index (χ0n) is 19.5. The molecule has 6 nitrogen and oxygen atoms in total. The van der Waals surface area contributed by atoms with Gasteiger partial charge in [-0.15, -0.1) is 0 Å². The molecule has 3 heterocycles. The molecule has 176 valence electrons. The van der Waals surface area contributed by atoms with E-state index >= 15 is 0 Å². The third-order valence-electron chi connectivity index (χ3n) is 7.73. The lowest BCUT2D eigenvalue weighted by Crippen LogP contribution is -2.53. The molecule has 3 aliphatic rings. The van der Waals surface area contributed by atoms with Crippen molar-refractivity contribution in [1.29, 1.82) is 0 Å². The van der Waals surface area contributed by atoms with Gasteiger partial charge in [0.15, 0.2) is 0 Å². The lowest BCUT2D eigenvalue weighted by molar-refractivity contribution is -0.142. The first-order chi connectivity index (χ1) is 17.0. The number of imide groups is 1. The molecule has 0 aliphatic carbocycles. The predicted octanol–water partition coefficient (Wildman–Crippen LogP) is 3.20. The molecular weight excluding hydrogens is 438 g/mol. The maximum Gasteiger partial charge on any atom is 0.250 e. The first kappa shape index (κ1) is 21.7. The Morgan fingerprint density at radius 1 is 0.857 bits per heavy atom. The number of likely N-dealkylation sites (tertiary alicyclic amines) is 1. The molecule has 0 saturated carbocycles. The highest BCUT2D eigenvalue weighted by Crippen LogP contribution is 2.53. The second-order valence-electron chi connectivity index (χ2n) is 9.82. The van der Waals surface area contributed by atoms with Gasteiger partial charge in [-0.2, -0.15) is 0 Å². The third kappa shape index (κ3) is 3.32. The lowest BCUT2D eigenvalue weighted by atomic mass is 9.76. The van der Waals surface area contributed by atoms with Crippen LogP contribution >= 0.6 is 0 Å². The van der Waals surface area contributed by atoms with Crippen molar-refractivity contribution in [3.8, 4) is 0 Å². The third-order valence-corrected chi connectivity index (χ3v) is 7.73. The molecule has 3 aliphatic heterocycles. The van der Waals surface area contributed by atoms with Crippen molar-refractivity contribution in [3.05, 3.63) is 101 Å². The maximum absolute atomic E-state index is 13.9. The highest BCUT2D eigenvalue weighted by atomic mass is 16.2. The highest BCUT2D eigenvalue weighted by Gasteiger charge is 2.70. The van der Waals surface area contributed by atoms with Crippen molar-refractivity contribution in [2.24, 2.45) is 11.8 Å². The van der Waals surface area contributed by atoms with E-state index in [4.69, 9.17) is 0 Å². The number of fused-ring (bicyclic) bond motifs is 4. The molecule has 2 saturated heterocycles. The maximum atomic E-state index is 13.9. The molecule has 6 heteroatoms. The Morgan fingerprint density at radius 2 is 1.54 bits per heavy atom. The Balaban J connectivity index is 1.41. The van der Waals surface area contributed by atoms with E-state index in [1.54, 1.807) is 0 Å². The fraction of sp³-hybridized carbons (Fsp3) is 0.276. The summed E-state index contributed by atoms with van der Waals surface area (Å²) < 4.78 is 0. The van der Waals surface area contributed by atoms with Crippen LogP contribution in [-0.4, -0.2) is 35.2 Å². The first-order valence-corrected chi connectivity index (χ1v) is 12.1. The van der Waals surface area contributed by atoms with Crippen LogP contribution in [0, 0.1) is 18.8 Å². The van der Waals surface area contributed by atoms with E-state index in [-0.39, 0.29) is 23.8 Å². The molecule has 2 N–H and O–H groups in total. The zero-order valence-corrected chi connectivity index (χ0v) is 19.5. The molecule has 35 heavy (non-hydrogen) atoms. The normalized spacial score (nSPS) is 26.8. The van der Waals surface area contributed by atoms with E-state index in [1.165, 1.54) is 4.90 Å². The average molecular weight is 466 g/mol. The van der Waals surface area contributed by atoms with E-state index in [0.29, 0.717) is 25.1 Å². The number of hydrogen-bond donors (Lipinski definition) is 2. The van der Waals surface area contributed by atoms with Crippen LogP contribution in [-0.2, 0) is 32.8 Å². The molecule has 0 aromatic heterocycles. The van der Waals surface area contributed by atoms with Crippen molar-refractivity contribution < 1.29 is 14.4 Å². The summed E-state index contributed by atoms with van der Waals surface area (Å²) in [5.74, 6) is -2.08. The fourth-order valence-corrected chi connectivity index (χ4v) is 6.12. The van der Waals surface area contributed by atoms with Crippen molar-refractivity contribution in [2.45, 2.75) is 31.3 Å². The van der Waals surface area contributed by atoms with Crippen molar-refractivity contribution in [2.75, 3.05) is 11.9 Å². The fourth-order valence-electron chi connectivity index (χ4n) is 6.12. The highest BCUT2D eigenvalue weighted by molar-refractivity contribution is 6.15. The van der Waals surface area contributed by atoms with Gasteiger partial charge in [-0.1, -0.05) is 78.4 Å². The minimum atomic E-state index is -1.25. The zero-order chi connectivity index (χ0) is 24.2. The predicted molar refractivity (Wildman–Crippen MR) is 132 cm³/mol. The van der Waals surface area contributed by atoms with Crippen LogP contribution in [0.4, 0.5) is 5.69 Å². The number of carbonyl (C=O) groups excluding carboxylic acids is 3. The number of aryl methyl sites for hydroxylation is 1. The number of rotatable bonds is 5. The summed E-state index contributed by atoms with van der Waals surface area (Å²) in [5.41, 5.74) is 3.35. The summed E-state index contributed by atoms with van der Waals surface area (Å²) in [6.45, 7) is 2.28. The molecular formula is C29H27N3O3. The van der Waals surface area contributed by atoms with Crippen LogP contribution in [0.3, 0.4) is 0 Å². The van der Waals surface area contributed by atoms with Crippen LogP contribution in [0.1, 0.15) is 22.3 Å². The standard InChI is InChI=1S/C29H27N3O3/c1-18-12-13-22-21(16-18)29(28(35)30-22)25-24(23(31-29)17-20-10-6-3-7-11-20)26(33)32(27(25)34)15-14-19-8-4-2-5-9-19/h2-13,16,23-25,31H,14-15,17H2,1H3,(H,30,35)/t23-,24-,25-,29+/m1/s1. The van der Waals surface area contributed by atoms with E-state index < -0.39 is 17.4 Å². The SMILES string of the molecule is Cc1ccc2c(c1)[C@@]1(N[C@H](Cc3ccccc3)[C@H]3C(=O)N(CCc4ccccc4)C(=O)[C@@H]31)C(=O)N2. The average Bonchev–Trinajstić information content (AvgIpc) is 3.44. The number of carbonyl (C=O) groups is 3. The number of amides is 3. The molecule has 0 unspecified atom stereocenters. The molecule has 2 fully saturated rings. The van der Waals surface area contributed by atoms with E-state index in [9.17, 15) is 14.4 Å². The molecule has 3 aromatic rings. The summed E-state index contributed by atoms with van der Waals surface area (Å²) in [6, 6.07) is 25.2. The van der Waals surface area contributed by atoms with Gasteiger partial charge in [0, 0.05) is 23.8 Å². The summed E-state index contributed by atoms with van der Waals surface area (Å²) in [5, 5.41) is 6.50. The Labute approximate surface area is 204 Å². The van der Waals surface area contributed by atoms with Gasteiger partial charge in [0.1, 0.15) is 5.54 Å². The molecule has 0 radical (unpaired) electrons. The summed E-state index contributed by atoms with van der Waals surface area (Å²) >= 11 is 0. The van der Waals surface area contributed by atoms with Crippen molar-refractivity contribution in [1.82, 2.24) is 10.2 Å². The van der Waals surface area contributed by atoms with Crippen LogP contribution in [0.25, 0.3) is 0 Å². The lowest BCUT2D eigenvalue weighted by Gasteiger charge is -2.29. The van der Waals surface area contributed by atoms with Gasteiger partial charge in [-0.3, -0.25) is 24.6 Å². The summed E-state index contributed by atoms with van der Waals surface area (Å²) in [6.07, 6.45) is 1.15. The first-order valence-electron chi connectivity index (χ1n) is 12.1. The summed E-state index contributed by atoms with van der Waals surface area (Å²) in [7, 11) is 0. The van der Waals surface area contributed by atoms with Gasteiger partial charge < -0.3 is 5.32 Å². The van der Waals surface area contributed by atoms with Gasteiger partial charge >= 0.3 is 0 Å². The largest absolute Gasteiger partial charge is 0.324 e. The van der Waals surface area contributed by atoms with Gasteiger partial charge in [-0.25, -0.2) is 0 Å². The smallest absolute Gasteiger partial charge is 0.250 e. The second kappa shape index (κ2) is 8.17. The Hall–Kier alpha value is -3.77.